The molecule has 0 unspecified atom stereocenters. The monoisotopic (exact) mass is 227 g/mol. The van der Waals surface area contributed by atoms with Gasteiger partial charge in [0, 0.05) is 0 Å². The van der Waals surface area contributed by atoms with Crippen LogP contribution in [0.1, 0.15) is 0 Å². The van der Waals surface area contributed by atoms with Gasteiger partial charge in [0.2, 0.25) is 0 Å². The highest BCUT2D eigenvalue weighted by Gasteiger charge is 2.15. The van der Waals surface area contributed by atoms with E-state index in [0.717, 1.165) is 6.07 Å². The molecule has 0 saturated heterocycles. The molecule has 0 saturated carbocycles. The minimum Gasteiger partial charge on any atom is -0.490 e. The summed E-state index contributed by atoms with van der Waals surface area (Å²) in [6.07, 6.45) is 0. The summed E-state index contributed by atoms with van der Waals surface area (Å²) in [5.74, 6) is -0.957. The summed E-state index contributed by atoms with van der Waals surface area (Å²) in [6.45, 7) is -0.552. The molecule has 0 aliphatic rings. The van der Waals surface area contributed by atoms with Crippen molar-refractivity contribution in [2.75, 3.05) is 13.7 Å². The lowest BCUT2D eigenvalue weighted by Crippen LogP contribution is -2.09. The largest absolute Gasteiger partial charge is 0.490 e. The summed E-state index contributed by atoms with van der Waals surface area (Å²) in [4.78, 5) is 20.2. The molecular formula is C9H9NO6. The van der Waals surface area contributed by atoms with Crippen LogP contribution in [0.4, 0.5) is 5.69 Å². The molecule has 0 aliphatic heterocycles. The van der Waals surface area contributed by atoms with Gasteiger partial charge in [-0.2, -0.15) is 0 Å². The van der Waals surface area contributed by atoms with Crippen LogP contribution in [-0.4, -0.2) is 29.7 Å². The van der Waals surface area contributed by atoms with Gasteiger partial charge in [0.15, 0.2) is 12.4 Å². The summed E-state index contributed by atoms with van der Waals surface area (Å²) in [5.41, 5.74) is -0.273. The van der Waals surface area contributed by atoms with E-state index in [4.69, 9.17) is 14.6 Å². The van der Waals surface area contributed by atoms with E-state index in [2.05, 4.69) is 0 Å². The summed E-state index contributed by atoms with van der Waals surface area (Å²) >= 11 is 0. The summed E-state index contributed by atoms with van der Waals surface area (Å²) in [7, 11) is 1.31. The first-order chi connectivity index (χ1) is 7.54. The zero-order valence-electron chi connectivity index (χ0n) is 8.37. The van der Waals surface area contributed by atoms with Crippen molar-refractivity contribution in [1.29, 1.82) is 0 Å². The molecule has 0 fully saturated rings. The zero-order valence-corrected chi connectivity index (χ0v) is 8.37. The quantitative estimate of drug-likeness (QED) is 0.596. The lowest BCUT2D eigenvalue weighted by molar-refractivity contribution is -0.385. The first kappa shape index (κ1) is 11.8. The van der Waals surface area contributed by atoms with Crippen molar-refractivity contribution in [3.63, 3.8) is 0 Å². The van der Waals surface area contributed by atoms with Crippen LogP contribution in [0.5, 0.6) is 11.5 Å². The highest BCUT2D eigenvalue weighted by Crippen LogP contribution is 2.30. The van der Waals surface area contributed by atoms with Gasteiger partial charge in [0.05, 0.1) is 18.1 Å². The molecule has 0 aliphatic carbocycles. The number of nitro benzene ring substituents is 1. The predicted octanol–water partition coefficient (Wildman–Crippen LogP) is 1.07. The van der Waals surface area contributed by atoms with Crippen molar-refractivity contribution in [1.82, 2.24) is 0 Å². The number of hydrogen-bond donors (Lipinski definition) is 1. The van der Waals surface area contributed by atoms with Crippen molar-refractivity contribution in [2.45, 2.75) is 0 Å². The highest BCUT2D eigenvalue weighted by molar-refractivity contribution is 5.68. The van der Waals surface area contributed by atoms with Crippen molar-refractivity contribution < 1.29 is 24.3 Å². The fraction of sp³-hybridized carbons (Fsp3) is 0.222. The van der Waals surface area contributed by atoms with E-state index in [1.807, 2.05) is 0 Å². The maximum absolute atomic E-state index is 10.6. The van der Waals surface area contributed by atoms with Crippen LogP contribution in [0, 0.1) is 10.1 Å². The summed E-state index contributed by atoms with van der Waals surface area (Å²) in [5, 5.41) is 19.0. The lowest BCUT2D eigenvalue weighted by Gasteiger charge is -2.05. The molecule has 16 heavy (non-hydrogen) atoms. The zero-order chi connectivity index (χ0) is 12.1. The minimum atomic E-state index is -1.15. The Balaban J connectivity index is 2.93. The number of aliphatic carboxylic acids is 1. The van der Waals surface area contributed by atoms with Gasteiger partial charge < -0.3 is 14.6 Å². The average molecular weight is 227 g/mol. The van der Waals surface area contributed by atoms with Crippen LogP contribution >= 0.6 is 0 Å². The number of carbonyl (C=O) groups is 1. The van der Waals surface area contributed by atoms with Crippen molar-refractivity contribution >= 4 is 11.7 Å². The van der Waals surface area contributed by atoms with Crippen LogP contribution in [0.25, 0.3) is 0 Å². The van der Waals surface area contributed by atoms with E-state index in [1.54, 1.807) is 0 Å². The Morgan fingerprint density at radius 2 is 2.25 bits per heavy atom. The van der Waals surface area contributed by atoms with Crippen LogP contribution < -0.4 is 9.47 Å². The molecule has 1 aromatic carbocycles. The molecule has 0 radical (unpaired) electrons. The fourth-order valence-electron chi connectivity index (χ4n) is 1.05. The third kappa shape index (κ3) is 2.84. The topological polar surface area (TPSA) is 98.9 Å². The van der Waals surface area contributed by atoms with Gasteiger partial charge in [-0.15, -0.1) is 0 Å². The molecule has 0 atom stereocenters. The first-order valence-corrected chi connectivity index (χ1v) is 4.21. The van der Waals surface area contributed by atoms with Crippen molar-refractivity contribution in [2.24, 2.45) is 0 Å². The number of hydrogen-bond acceptors (Lipinski definition) is 5. The van der Waals surface area contributed by atoms with Gasteiger partial charge in [-0.25, -0.2) is 4.79 Å². The maximum atomic E-state index is 10.6. The van der Waals surface area contributed by atoms with E-state index < -0.39 is 17.5 Å². The fourth-order valence-corrected chi connectivity index (χ4v) is 1.05. The van der Waals surface area contributed by atoms with Gasteiger partial charge in [0.25, 0.3) is 0 Å². The van der Waals surface area contributed by atoms with E-state index in [9.17, 15) is 14.9 Å². The molecular weight excluding hydrogens is 218 g/mol. The lowest BCUT2D eigenvalue weighted by atomic mass is 10.3. The Morgan fingerprint density at radius 1 is 1.56 bits per heavy atom. The van der Waals surface area contributed by atoms with E-state index in [-0.39, 0.29) is 17.2 Å². The Labute approximate surface area is 90.4 Å². The second kappa shape index (κ2) is 4.96. The van der Waals surface area contributed by atoms with E-state index >= 15 is 0 Å². The van der Waals surface area contributed by atoms with Crippen molar-refractivity contribution in [3.8, 4) is 11.5 Å². The van der Waals surface area contributed by atoms with Crippen LogP contribution in [0.15, 0.2) is 18.2 Å². The third-order valence-electron chi connectivity index (χ3n) is 1.71. The predicted molar refractivity (Wildman–Crippen MR) is 52.8 cm³/mol. The van der Waals surface area contributed by atoms with Crippen molar-refractivity contribution in [3.05, 3.63) is 28.3 Å². The van der Waals surface area contributed by atoms with Gasteiger partial charge >= 0.3 is 11.7 Å². The molecule has 0 bridgehead atoms. The normalized spacial score (nSPS) is 9.56. The number of ether oxygens (including phenoxy) is 2. The molecule has 0 aromatic heterocycles. The summed E-state index contributed by atoms with van der Waals surface area (Å²) < 4.78 is 9.57. The Bertz CT molecular complexity index is 416. The maximum Gasteiger partial charge on any atom is 0.341 e. The molecule has 7 nitrogen and oxygen atoms in total. The number of methoxy groups -OCH3 is 1. The molecule has 86 valence electrons. The number of carboxylic acid groups (broad SMARTS) is 1. The number of nitrogens with zero attached hydrogens (tertiary/aromatic N) is 1. The van der Waals surface area contributed by atoms with Crippen LogP contribution in [0.2, 0.25) is 0 Å². The molecule has 1 rings (SSSR count). The minimum absolute atomic E-state index is 0.0904. The van der Waals surface area contributed by atoms with Gasteiger partial charge in [-0.3, -0.25) is 10.1 Å². The average Bonchev–Trinajstić information content (AvgIpc) is 2.25. The van der Waals surface area contributed by atoms with Crippen LogP contribution in [0.3, 0.4) is 0 Å². The molecule has 1 aromatic rings. The molecule has 0 amide bonds. The van der Waals surface area contributed by atoms with E-state index in [0.29, 0.717) is 0 Å². The molecule has 0 spiro atoms. The van der Waals surface area contributed by atoms with Gasteiger partial charge in [-0.1, -0.05) is 0 Å². The smallest absolute Gasteiger partial charge is 0.341 e. The number of rotatable bonds is 5. The Morgan fingerprint density at radius 3 is 2.75 bits per heavy atom. The second-order valence-electron chi connectivity index (χ2n) is 2.77. The SMILES string of the molecule is COc1ccc(OCC(=O)O)cc1[N+](=O)[O-]. The highest BCUT2D eigenvalue weighted by atomic mass is 16.6. The number of nitro groups is 1. The Hall–Kier alpha value is -2.31. The standard InChI is InChI=1S/C9H9NO6/c1-15-8-3-2-6(16-5-9(11)12)4-7(8)10(13)14/h2-4H,5H2,1H3,(H,11,12). The molecule has 7 heteroatoms. The first-order valence-electron chi connectivity index (χ1n) is 4.21. The van der Waals surface area contributed by atoms with Crippen LogP contribution in [-0.2, 0) is 4.79 Å². The van der Waals surface area contributed by atoms with Gasteiger partial charge in [0.1, 0.15) is 5.75 Å². The summed E-state index contributed by atoms with van der Waals surface area (Å²) in [6, 6.07) is 3.85. The molecule has 1 N–H and O–H groups in total. The van der Waals surface area contributed by atoms with E-state index in [1.165, 1.54) is 19.2 Å². The van der Waals surface area contributed by atoms with Gasteiger partial charge in [-0.05, 0) is 12.1 Å². The Kier molecular flexibility index (Phi) is 3.65. The number of benzene rings is 1. The number of carboxylic acids is 1. The second-order valence-corrected chi connectivity index (χ2v) is 2.77. The third-order valence-corrected chi connectivity index (χ3v) is 1.71. The molecule has 0 heterocycles.